The van der Waals surface area contributed by atoms with Gasteiger partial charge in [0.1, 0.15) is 10.6 Å². The molecule has 2 aromatic rings. The van der Waals surface area contributed by atoms with Crippen LogP contribution in [0.25, 0.3) is 0 Å². The fourth-order valence-corrected chi connectivity index (χ4v) is 4.37. The van der Waals surface area contributed by atoms with Gasteiger partial charge < -0.3 is 14.6 Å². The van der Waals surface area contributed by atoms with Crippen LogP contribution in [0.2, 0.25) is 0 Å². The van der Waals surface area contributed by atoms with Crippen LogP contribution in [0.4, 0.5) is 5.69 Å². The van der Waals surface area contributed by atoms with Crippen LogP contribution < -0.4 is 4.90 Å². The van der Waals surface area contributed by atoms with Crippen LogP contribution in [0.15, 0.2) is 39.8 Å². The molecule has 0 radical (unpaired) electrons. The Bertz CT molecular complexity index is 920. The summed E-state index contributed by atoms with van der Waals surface area (Å²) in [5, 5.41) is 0. The molecule has 0 unspecified atom stereocenters. The van der Waals surface area contributed by atoms with E-state index in [1.165, 1.54) is 21.5 Å². The molecule has 0 aliphatic carbocycles. The van der Waals surface area contributed by atoms with Crippen molar-refractivity contribution >= 4 is 37.5 Å². The number of rotatable bonds is 4. The molecule has 1 amide bonds. The summed E-state index contributed by atoms with van der Waals surface area (Å²) >= 11 is 3.43. The number of morpholine rings is 1. The minimum atomic E-state index is -3.63. The molecule has 26 heavy (non-hydrogen) atoms. The van der Waals surface area contributed by atoms with E-state index in [-0.39, 0.29) is 16.5 Å². The van der Waals surface area contributed by atoms with Crippen molar-refractivity contribution in [2.75, 3.05) is 38.3 Å². The molecular formula is C17H20BrN3O4S. The Kier molecular flexibility index (Phi) is 5.52. The number of nitrogens with zero attached hydrogens (tertiary/aromatic N) is 2. The third-order valence-corrected chi connectivity index (χ3v) is 7.09. The van der Waals surface area contributed by atoms with Gasteiger partial charge in [-0.1, -0.05) is 15.9 Å². The third kappa shape index (κ3) is 3.71. The van der Waals surface area contributed by atoms with Crippen molar-refractivity contribution in [3.8, 4) is 0 Å². The number of aryl methyl sites for hydroxylation is 1. The highest BCUT2D eigenvalue weighted by atomic mass is 79.9. The first kappa shape index (κ1) is 19.1. The number of carbonyl (C=O) groups excluding carboxylic acids is 1. The first-order valence-corrected chi connectivity index (χ1v) is 10.3. The SMILES string of the molecule is Cc1cc(N(C)C(=O)c2cc(S(=O)(=O)N3CCOCC3)c[nH]2)ccc1Br. The van der Waals surface area contributed by atoms with Gasteiger partial charge in [-0.05, 0) is 36.8 Å². The Morgan fingerprint density at radius 3 is 2.62 bits per heavy atom. The number of hydrogen-bond acceptors (Lipinski definition) is 4. The number of ether oxygens (including phenoxy) is 1. The molecule has 140 valence electrons. The summed E-state index contributed by atoms with van der Waals surface area (Å²) in [6.07, 6.45) is 1.36. The Morgan fingerprint density at radius 1 is 1.27 bits per heavy atom. The number of aromatic amines is 1. The van der Waals surface area contributed by atoms with Crippen LogP contribution in [-0.2, 0) is 14.8 Å². The van der Waals surface area contributed by atoms with Gasteiger partial charge in [-0.15, -0.1) is 0 Å². The Hall–Kier alpha value is -1.68. The number of halogens is 1. The molecule has 1 aromatic carbocycles. The van der Waals surface area contributed by atoms with Crippen molar-refractivity contribution in [3.05, 3.63) is 46.2 Å². The topological polar surface area (TPSA) is 82.7 Å². The fraction of sp³-hybridized carbons (Fsp3) is 0.353. The van der Waals surface area contributed by atoms with Crippen LogP contribution in [-0.4, -0.2) is 57.0 Å². The van der Waals surface area contributed by atoms with Gasteiger partial charge in [-0.25, -0.2) is 8.42 Å². The van der Waals surface area contributed by atoms with E-state index in [4.69, 9.17) is 4.74 Å². The summed E-state index contributed by atoms with van der Waals surface area (Å²) < 4.78 is 32.9. The molecule has 0 saturated carbocycles. The number of nitrogens with one attached hydrogen (secondary N) is 1. The minimum absolute atomic E-state index is 0.0862. The number of carbonyl (C=O) groups is 1. The van der Waals surface area contributed by atoms with Gasteiger partial charge in [-0.3, -0.25) is 4.79 Å². The summed E-state index contributed by atoms with van der Waals surface area (Å²) in [4.78, 5) is 17.1. The number of benzene rings is 1. The Balaban J connectivity index is 1.82. The number of sulfonamides is 1. The molecule has 1 aromatic heterocycles. The highest BCUT2D eigenvalue weighted by molar-refractivity contribution is 9.10. The van der Waals surface area contributed by atoms with Gasteiger partial charge in [0.05, 0.1) is 13.2 Å². The zero-order valence-corrected chi connectivity index (χ0v) is 16.9. The van der Waals surface area contributed by atoms with Crippen molar-refractivity contribution in [2.45, 2.75) is 11.8 Å². The molecule has 3 rings (SSSR count). The van der Waals surface area contributed by atoms with Crippen molar-refractivity contribution in [1.29, 1.82) is 0 Å². The molecule has 2 heterocycles. The molecular weight excluding hydrogens is 422 g/mol. The van der Waals surface area contributed by atoms with E-state index >= 15 is 0 Å². The normalized spacial score (nSPS) is 15.8. The molecule has 1 aliphatic rings. The maximum Gasteiger partial charge on any atom is 0.274 e. The van der Waals surface area contributed by atoms with E-state index in [0.717, 1.165) is 15.7 Å². The van der Waals surface area contributed by atoms with Crippen LogP contribution in [0, 0.1) is 6.92 Å². The molecule has 1 N–H and O–H groups in total. The number of hydrogen-bond donors (Lipinski definition) is 1. The average molecular weight is 442 g/mol. The maximum absolute atomic E-state index is 12.7. The lowest BCUT2D eigenvalue weighted by Gasteiger charge is -2.25. The van der Waals surface area contributed by atoms with E-state index in [9.17, 15) is 13.2 Å². The smallest absolute Gasteiger partial charge is 0.274 e. The van der Waals surface area contributed by atoms with Crippen LogP contribution in [0.5, 0.6) is 0 Å². The van der Waals surface area contributed by atoms with Gasteiger partial charge in [-0.2, -0.15) is 4.31 Å². The van der Waals surface area contributed by atoms with Crippen molar-refractivity contribution in [1.82, 2.24) is 9.29 Å². The van der Waals surface area contributed by atoms with E-state index in [2.05, 4.69) is 20.9 Å². The molecule has 9 heteroatoms. The van der Waals surface area contributed by atoms with Crippen molar-refractivity contribution in [2.24, 2.45) is 0 Å². The monoisotopic (exact) mass is 441 g/mol. The van der Waals surface area contributed by atoms with E-state index in [0.29, 0.717) is 26.3 Å². The number of H-pyrrole nitrogens is 1. The zero-order chi connectivity index (χ0) is 18.9. The summed E-state index contributed by atoms with van der Waals surface area (Å²) in [5.41, 5.74) is 1.95. The molecule has 1 aliphatic heterocycles. The predicted molar refractivity (Wildman–Crippen MR) is 102 cm³/mol. The van der Waals surface area contributed by atoms with Crippen molar-refractivity contribution < 1.29 is 17.9 Å². The lowest BCUT2D eigenvalue weighted by atomic mass is 10.2. The summed E-state index contributed by atoms with van der Waals surface area (Å²) in [5.74, 6) is -0.310. The van der Waals surface area contributed by atoms with Crippen LogP contribution in [0.1, 0.15) is 16.1 Å². The molecule has 7 nitrogen and oxygen atoms in total. The van der Waals surface area contributed by atoms with Crippen LogP contribution in [0.3, 0.4) is 0 Å². The van der Waals surface area contributed by atoms with Gasteiger partial charge in [0.15, 0.2) is 0 Å². The lowest BCUT2D eigenvalue weighted by molar-refractivity contribution is 0.0730. The van der Waals surface area contributed by atoms with Crippen LogP contribution >= 0.6 is 15.9 Å². The zero-order valence-electron chi connectivity index (χ0n) is 14.5. The molecule has 1 fully saturated rings. The molecule has 1 saturated heterocycles. The largest absolute Gasteiger partial charge is 0.379 e. The average Bonchev–Trinajstić information content (AvgIpc) is 3.14. The van der Waals surface area contributed by atoms with E-state index < -0.39 is 10.0 Å². The lowest BCUT2D eigenvalue weighted by Crippen LogP contribution is -2.40. The second kappa shape index (κ2) is 7.51. The molecule has 0 atom stereocenters. The Labute approximate surface area is 161 Å². The quantitative estimate of drug-likeness (QED) is 0.789. The maximum atomic E-state index is 12.7. The van der Waals surface area contributed by atoms with Gasteiger partial charge in [0.25, 0.3) is 5.91 Å². The molecule has 0 spiro atoms. The second-order valence-corrected chi connectivity index (χ2v) is 8.86. The summed E-state index contributed by atoms with van der Waals surface area (Å²) in [6, 6.07) is 6.96. The van der Waals surface area contributed by atoms with Gasteiger partial charge in [0.2, 0.25) is 10.0 Å². The van der Waals surface area contributed by atoms with Gasteiger partial charge in [0, 0.05) is 36.5 Å². The highest BCUT2D eigenvalue weighted by Gasteiger charge is 2.28. The van der Waals surface area contributed by atoms with Gasteiger partial charge >= 0.3 is 0 Å². The highest BCUT2D eigenvalue weighted by Crippen LogP contribution is 2.24. The predicted octanol–water partition coefficient (Wildman–Crippen LogP) is 2.38. The van der Waals surface area contributed by atoms with E-state index in [1.807, 2.05) is 25.1 Å². The first-order valence-electron chi connectivity index (χ1n) is 8.11. The minimum Gasteiger partial charge on any atom is -0.379 e. The molecule has 0 bridgehead atoms. The summed E-state index contributed by atoms with van der Waals surface area (Å²) in [7, 11) is -1.98. The second-order valence-electron chi connectivity index (χ2n) is 6.06. The number of amides is 1. The summed E-state index contributed by atoms with van der Waals surface area (Å²) in [6.45, 7) is 3.32. The van der Waals surface area contributed by atoms with E-state index in [1.54, 1.807) is 7.05 Å². The van der Waals surface area contributed by atoms with Crippen molar-refractivity contribution in [3.63, 3.8) is 0 Å². The number of aromatic nitrogens is 1. The third-order valence-electron chi connectivity index (χ3n) is 4.33. The standard InChI is InChI=1S/C17H20BrN3O4S/c1-12-9-13(3-4-15(12)18)20(2)17(22)16-10-14(11-19-16)26(23,24)21-5-7-25-8-6-21/h3-4,9-11,19H,5-8H2,1-2H3. The number of anilines is 1. The first-order chi connectivity index (χ1) is 12.3. The fourth-order valence-electron chi connectivity index (χ4n) is 2.72. The Morgan fingerprint density at radius 2 is 1.96 bits per heavy atom.